The first kappa shape index (κ1) is 30.5. The van der Waals surface area contributed by atoms with Gasteiger partial charge in [-0.3, -0.25) is 0 Å². The third-order valence-electron chi connectivity index (χ3n) is 3.93. The van der Waals surface area contributed by atoms with Crippen LogP contribution >= 0.6 is 7.82 Å². The van der Waals surface area contributed by atoms with E-state index < -0.39 is 7.82 Å². The summed E-state index contributed by atoms with van der Waals surface area (Å²) in [4.78, 5) is 21.6. The van der Waals surface area contributed by atoms with Crippen molar-refractivity contribution < 1.29 is 70.6 Å². The Balaban J connectivity index is -0.000000639. The van der Waals surface area contributed by atoms with Gasteiger partial charge in [-0.05, 0) is 0 Å². The summed E-state index contributed by atoms with van der Waals surface area (Å²) in [6.45, 7) is 8.87. The molecule has 0 aliphatic rings. The molecule has 0 rings (SSSR count). The molecule has 142 valence electrons. The van der Waals surface area contributed by atoms with Gasteiger partial charge in [0.25, 0.3) is 0 Å². The van der Waals surface area contributed by atoms with Crippen molar-refractivity contribution in [2.24, 2.45) is 5.92 Å². The summed E-state index contributed by atoms with van der Waals surface area (Å²) >= 11 is 0. The Morgan fingerprint density at radius 3 is 1.25 bits per heavy atom. The van der Waals surface area contributed by atoms with Crippen LogP contribution in [0.25, 0.3) is 0 Å². The van der Waals surface area contributed by atoms with E-state index in [0.29, 0.717) is 0 Å². The van der Waals surface area contributed by atoms with Gasteiger partial charge in [0.05, 0.1) is 0 Å². The molecule has 6 heteroatoms. The van der Waals surface area contributed by atoms with Crippen LogP contribution in [0.5, 0.6) is 0 Å². The molecule has 24 heavy (non-hydrogen) atoms. The Kier molecular flexibility index (Phi) is 28.9. The predicted octanol–water partition coefficient (Wildman–Crippen LogP) is 3.01. The minimum Gasteiger partial charge on any atom is -0.340 e. The number of hydrogen-bond donors (Lipinski definition) is 3. The van der Waals surface area contributed by atoms with Crippen molar-refractivity contribution in [1.82, 2.24) is 0 Å². The van der Waals surface area contributed by atoms with E-state index in [9.17, 15) is 0 Å². The van der Waals surface area contributed by atoms with Crippen molar-refractivity contribution in [3.63, 3.8) is 0 Å². The van der Waals surface area contributed by atoms with Gasteiger partial charge in [-0.1, -0.05) is 104 Å². The fraction of sp³-hybridized carbons (Fsp3) is 0.944. The maximum Gasteiger partial charge on any atom is 1.00 e. The van der Waals surface area contributed by atoms with Crippen molar-refractivity contribution in [3.8, 4) is 0 Å². The van der Waals surface area contributed by atoms with Gasteiger partial charge in [0.1, 0.15) is 0 Å². The van der Waals surface area contributed by atoms with E-state index in [0.717, 1.165) is 5.92 Å². The standard InChI is InChI=1S/C18H37.K.H3O4P/c1-4-6-8-10-11-13-15-17-18(3)16-14-12-9-7-5-2;;1-5(2,3)4/h18H,3-17H2,1-2H3;;(H3,1,2,3,4)/q-1;+1;. The van der Waals surface area contributed by atoms with Crippen LogP contribution < -0.4 is 51.4 Å². The second kappa shape index (κ2) is 22.8. The van der Waals surface area contributed by atoms with Crippen LogP contribution in [0, 0.1) is 12.8 Å². The van der Waals surface area contributed by atoms with E-state index in [1.165, 1.54) is 89.9 Å². The molecule has 0 radical (unpaired) electrons. The normalized spacial score (nSPS) is 12.1. The van der Waals surface area contributed by atoms with Crippen molar-refractivity contribution in [3.05, 3.63) is 6.92 Å². The predicted molar refractivity (Wildman–Crippen MR) is 99.1 cm³/mol. The van der Waals surface area contributed by atoms with Gasteiger partial charge in [-0.25, -0.2) is 4.57 Å². The SMILES string of the molecule is O=P(O)(O)O.[CH2-]C(CCCCCCC)CCCCCCCCC.[K+]. The van der Waals surface area contributed by atoms with Crippen molar-refractivity contribution in [2.75, 3.05) is 0 Å². The second-order valence-electron chi connectivity index (χ2n) is 6.49. The number of phosphoric acid groups is 1. The first-order valence-electron chi connectivity index (χ1n) is 9.42. The van der Waals surface area contributed by atoms with Gasteiger partial charge in [-0.15, -0.1) is 0 Å². The van der Waals surface area contributed by atoms with E-state index >= 15 is 0 Å². The molecule has 0 aromatic heterocycles. The molecule has 0 heterocycles. The van der Waals surface area contributed by atoms with E-state index in [4.69, 9.17) is 19.2 Å². The van der Waals surface area contributed by atoms with Crippen LogP contribution in [0.3, 0.4) is 0 Å². The Bertz CT molecular complexity index is 263. The average Bonchev–Trinajstić information content (AvgIpc) is 2.44. The molecule has 4 nitrogen and oxygen atoms in total. The van der Waals surface area contributed by atoms with Crippen LogP contribution in [0.15, 0.2) is 0 Å². The minimum absolute atomic E-state index is 0. The monoisotopic (exact) mass is 390 g/mol. The molecule has 1 unspecified atom stereocenters. The largest absolute Gasteiger partial charge is 1.00 e. The van der Waals surface area contributed by atoms with Gasteiger partial charge in [0, 0.05) is 0 Å². The summed E-state index contributed by atoms with van der Waals surface area (Å²) in [6, 6.07) is 0. The van der Waals surface area contributed by atoms with Crippen LogP contribution in [0.1, 0.15) is 104 Å². The second-order valence-corrected chi connectivity index (χ2v) is 7.52. The molecule has 0 amide bonds. The Labute approximate surface area is 193 Å². The zero-order chi connectivity index (χ0) is 18.0. The molecule has 0 aromatic carbocycles. The summed E-state index contributed by atoms with van der Waals surface area (Å²) < 4.78 is 8.88. The van der Waals surface area contributed by atoms with Gasteiger partial charge in [-0.2, -0.15) is 5.92 Å². The van der Waals surface area contributed by atoms with Crippen LogP contribution in [-0.2, 0) is 4.57 Å². The Morgan fingerprint density at radius 2 is 0.958 bits per heavy atom. The molecule has 0 fully saturated rings. The number of rotatable bonds is 14. The molecule has 0 aliphatic heterocycles. The van der Waals surface area contributed by atoms with Crippen molar-refractivity contribution in [2.45, 2.75) is 104 Å². The van der Waals surface area contributed by atoms with E-state index in [1.54, 1.807) is 0 Å². The summed E-state index contributed by atoms with van der Waals surface area (Å²) in [7, 11) is -4.64. The van der Waals surface area contributed by atoms with Gasteiger partial charge < -0.3 is 21.6 Å². The fourth-order valence-corrected chi connectivity index (χ4v) is 2.57. The molecule has 0 spiro atoms. The van der Waals surface area contributed by atoms with Gasteiger partial charge in [0.15, 0.2) is 0 Å². The Morgan fingerprint density at radius 1 is 0.708 bits per heavy atom. The van der Waals surface area contributed by atoms with Gasteiger partial charge >= 0.3 is 59.2 Å². The first-order chi connectivity index (χ1) is 10.8. The number of unbranched alkanes of at least 4 members (excludes halogenated alkanes) is 10. The van der Waals surface area contributed by atoms with Crippen LogP contribution in [0.2, 0.25) is 0 Å². The topological polar surface area (TPSA) is 77.8 Å². The molecular weight excluding hydrogens is 350 g/mol. The average molecular weight is 391 g/mol. The summed E-state index contributed by atoms with van der Waals surface area (Å²) in [5.41, 5.74) is 0. The Hall–Kier alpha value is 1.75. The zero-order valence-electron chi connectivity index (χ0n) is 16.4. The molecular formula is C18H40KO4P. The zero-order valence-corrected chi connectivity index (χ0v) is 20.4. The third-order valence-corrected chi connectivity index (χ3v) is 3.93. The van der Waals surface area contributed by atoms with Crippen LogP contribution in [-0.4, -0.2) is 14.7 Å². The molecule has 1 atom stereocenters. The quantitative estimate of drug-likeness (QED) is 0.184. The third kappa shape index (κ3) is 39.0. The maximum atomic E-state index is 8.88. The smallest absolute Gasteiger partial charge is 0.340 e. The molecule has 0 aliphatic carbocycles. The number of hydrogen-bond acceptors (Lipinski definition) is 1. The molecule has 0 saturated carbocycles. The summed E-state index contributed by atoms with van der Waals surface area (Å²) in [5.74, 6) is 0.724. The minimum atomic E-state index is -4.64. The molecule has 0 bridgehead atoms. The molecule has 0 aromatic rings. The maximum absolute atomic E-state index is 8.88. The van der Waals surface area contributed by atoms with E-state index in [2.05, 4.69) is 20.8 Å². The van der Waals surface area contributed by atoms with Gasteiger partial charge in [0.2, 0.25) is 0 Å². The first-order valence-corrected chi connectivity index (χ1v) is 11.0. The fourth-order valence-electron chi connectivity index (χ4n) is 2.57. The van der Waals surface area contributed by atoms with E-state index in [-0.39, 0.29) is 51.4 Å². The molecule has 0 saturated heterocycles. The van der Waals surface area contributed by atoms with E-state index in [1.807, 2.05) is 0 Å². The van der Waals surface area contributed by atoms with Crippen molar-refractivity contribution in [1.29, 1.82) is 0 Å². The van der Waals surface area contributed by atoms with Crippen LogP contribution in [0.4, 0.5) is 0 Å². The van der Waals surface area contributed by atoms with Crippen molar-refractivity contribution >= 4 is 7.82 Å². The molecule has 3 N–H and O–H groups in total. The summed E-state index contributed by atoms with van der Waals surface area (Å²) in [5, 5.41) is 0. The summed E-state index contributed by atoms with van der Waals surface area (Å²) in [6.07, 6.45) is 19.7.